The number of rotatable bonds is 4. The number of hydrogen-bond acceptors (Lipinski definition) is 4. The van der Waals surface area contributed by atoms with E-state index >= 15 is 0 Å². The van der Waals surface area contributed by atoms with E-state index in [0.29, 0.717) is 23.4 Å². The molecule has 0 saturated heterocycles. The number of hydrogen-bond donors (Lipinski definition) is 1. The highest BCUT2D eigenvalue weighted by Crippen LogP contribution is 2.26. The summed E-state index contributed by atoms with van der Waals surface area (Å²) >= 11 is 0. The Morgan fingerprint density at radius 1 is 1.22 bits per heavy atom. The van der Waals surface area contributed by atoms with Crippen LogP contribution < -0.4 is 10.1 Å². The first-order valence-corrected chi connectivity index (χ1v) is 9.30. The van der Waals surface area contributed by atoms with Crippen molar-refractivity contribution in [2.45, 2.75) is 12.2 Å². The molecule has 0 aliphatic carbocycles. The fourth-order valence-corrected chi connectivity index (χ4v) is 3.36. The van der Waals surface area contributed by atoms with Crippen molar-refractivity contribution in [3.05, 3.63) is 59.2 Å². The van der Waals surface area contributed by atoms with Crippen LogP contribution in [0.1, 0.15) is 21.5 Å². The maximum Gasteiger partial charge on any atom is 0.255 e. The van der Waals surface area contributed by atoms with Gasteiger partial charge in [0.1, 0.15) is 5.75 Å². The van der Waals surface area contributed by atoms with Crippen molar-refractivity contribution < 1.29 is 17.9 Å². The molecule has 0 bridgehead atoms. The van der Waals surface area contributed by atoms with Crippen molar-refractivity contribution in [1.82, 2.24) is 0 Å². The molecule has 0 saturated carbocycles. The predicted molar refractivity (Wildman–Crippen MR) is 88.6 cm³/mol. The molecule has 3 rings (SSSR count). The molecule has 1 aliphatic rings. The van der Waals surface area contributed by atoms with Crippen molar-refractivity contribution in [3.8, 4) is 5.75 Å². The first-order valence-electron chi connectivity index (χ1n) is 7.24. The lowest BCUT2D eigenvalue weighted by Gasteiger charge is -2.08. The van der Waals surface area contributed by atoms with Crippen LogP contribution in [-0.2, 0) is 22.0 Å². The molecule has 5 nitrogen and oxygen atoms in total. The molecule has 1 amide bonds. The predicted octanol–water partition coefficient (Wildman–Crippen LogP) is 2.42. The topological polar surface area (TPSA) is 72.5 Å². The Bertz CT molecular complexity index is 859. The zero-order valence-electron chi connectivity index (χ0n) is 12.7. The summed E-state index contributed by atoms with van der Waals surface area (Å²) in [6.45, 7) is 0.647. The number of anilines is 1. The Labute approximate surface area is 135 Å². The average molecular weight is 331 g/mol. The van der Waals surface area contributed by atoms with Crippen molar-refractivity contribution in [2.75, 3.05) is 18.2 Å². The van der Waals surface area contributed by atoms with Gasteiger partial charge in [0.2, 0.25) is 0 Å². The van der Waals surface area contributed by atoms with Crippen LogP contribution in [0.5, 0.6) is 5.75 Å². The van der Waals surface area contributed by atoms with E-state index in [1.165, 1.54) is 6.26 Å². The van der Waals surface area contributed by atoms with Gasteiger partial charge in [0.05, 0.1) is 12.4 Å². The number of fused-ring (bicyclic) bond motifs is 1. The molecule has 23 heavy (non-hydrogen) atoms. The second-order valence-electron chi connectivity index (χ2n) is 5.65. The number of benzene rings is 2. The van der Waals surface area contributed by atoms with Gasteiger partial charge in [-0.25, -0.2) is 8.42 Å². The van der Waals surface area contributed by atoms with E-state index in [4.69, 9.17) is 4.74 Å². The second kappa shape index (κ2) is 6.04. The summed E-state index contributed by atoms with van der Waals surface area (Å²) in [5, 5.41) is 2.80. The van der Waals surface area contributed by atoms with Gasteiger partial charge in [-0.05, 0) is 41.5 Å². The molecule has 1 aliphatic heterocycles. The number of nitrogens with one attached hydrogen (secondary N) is 1. The Hall–Kier alpha value is -2.34. The number of amides is 1. The quantitative estimate of drug-likeness (QED) is 0.934. The van der Waals surface area contributed by atoms with Crippen LogP contribution in [0.3, 0.4) is 0 Å². The van der Waals surface area contributed by atoms with Crippen molar-refractivity contribution in [3.63, 3.8) is 0 Å². The summed E-state index contributed by atoms with van der Waals surface area (Å²) in [5.41, 5.74) is 2.81. The molecule has 0 unspecified atom stereocenters. The summed E-state index contributed by atoms with van der Waals surface area (Å²) in [4.78, 5) is 12.3. The van der Waals surface area contributed by atoms with Gasteiger partial charge in [-0.15, -0.1) is 0 Å². The molecule has 0 atom stereocenters. The van der Waals surface area contributed by atoms with Crippen molar-refractivity contribution in [1.29, 1.82) is 0 Å². The minimum absolute atomic E-state index is 0.0487. The minimum Gasteiger partial charge on any atom is -0.493 e. The minimum atomic E-state index is -3.11. The van der Waals surface area contributed by atoms with Gasteiger partial charge < -0.3 is 10.1 Å². The molecule has 0 fully saturated rings. The van der Waals surface area contributed by atoms with Crippen LogP contribution in [-0.4, -0.2) is 27.2 Å². The average Bonchev–Trinajstić information content (AvgIpc) is 2.93. The van der Waals surface area contributed by atoms with Crippen LogP contribution >= 0.6 is 0 Å². The van der Waals surface area contributed by atoms with Gasteiger partial charge in [-0.3, -0.25) is 4.79 Å². The summed E-state index contributed by atoms with van der Waals surface area (Å²) < 4.78 is 28.2. The summed E-state index contributed by atoms with van der Waals surface area (Å²) in [7, 11) is -3.11. The largest absolute Gasteiger partial charge is 0.493 e. The van der Waals surface area contributed by atoms with Crippen LogP contribution in [0.2, 0.25) is 0 Å². The van der Waals surface area contributed by atoms with Gasteiger partial charge in [0.25, 0.3) is 5.91 Å². The van der Waals surface area contributed by atoms with Crippen LogP contribution in [0.4, 0.5) is 5.69 Å². The lowest BCUT2D eigenvalue weighted by atomic mass is 10.1. The normalized spacial score (nSPS) is 13.3. The fraction of sp³-hybridized carbons (Fsp3) is 0.235. The number of carbonyl (C=O) groups is 1. The maximum absolute atomic E-state index is 12.3. The second-order valence-corrected chi connectivity index (χ2v) is 7.79. The molecular formula is C17H17NO4S. The maximum atomic E-state index is 12.3. The van der Waals surface area contributed by atoms with E-state index in [2.05, 4.69) is 5.32 Å². The molecule has 2 aromatic rings. The highest BCUT2D eigenvalue weighted by Gasteiger charge is 2.15. The van der Waals surface area contributed by atoms with Crippen LogP contribution in [0, 0.1) is 0 Å². The standard InChI is InChI=1S/C17H17NO4S/c1-23(20,21)11-12-3-2-4-15(9-12)18-17(19)14-5-6-16-13(10-14)7-8-22-16/h2-6,9-10H,7-8,11H2,1H3,(H,18,19). The molecule has 0 aromatic heterocycles. The Morgan fingerprint density at radius 2 is 2.04 bits per heavy atom. The molecule has 1 heterocycles. The summed E-state index contributed by atoms with van der Waals surface area (Å²) in [6, 6.07) is 12.2. The van der Waals surface area contributed by atoms with E-state index in [0.717, 1.165) is 17.7 Å². The Morgan fingerprint density at radius 3 is 2.83 bits per heavy atom. The van der Waals surface area contributed by atoms with Gasteiger partial charge in [-0.1, -0.05) is 12.1 Å². The van der Waals surface area contributed by atoms with Gasteiger partial charge >= 0.3 is 0 Å². The highest BCUT2D eigenvalue weighted by molar-refractivity contribution is 7.89. The van der Waals surface area contributed by atoms with E-state index < -0.39 is 9.84 Å². The van der Waals surface area contributed by atoms with E-state index in [1.807, 2.05) is 6.07 Å². The first-order chi connectivity index (χ1) is 10.9. The number of sulfone groups is 1. The summed E-state index contributed by atoms with van der Waals surface area (Å²) in [6.07, 6.45) is 1.99. The molecular weight excluding hydrogens is 314 g/mol. The van der Waals surface area contributed by atoms with Gasteiger partial charge in [0.15, 0.2) is 9.84 Å². The SMILES string of the molecule is CS(=O)(=O)Cc1cccc(NC(=O)c2ccc3c(c2)CCO3)c1. The van der Waals surface area contributed by atoms with Gasteiger partial charge in [0, 0.05) is 23.9 Å². The van der Waals surface area contributed by atoms with Crippen molar-refractivity contribution in [2.24, 2.45) is 0 Å². The number of carbonyl (C=O) groups excluding carboxylic acids is 1. The lowest BCUT2D eigenvalue weighted by molar-refractivity contribution is 0.102. The Balaban J connectivity index is 1.76. The third kappa shape index (κ3) is 3.90. The van der Waals surface area contributed by atoms with Crippen molar-refractivity contribution >= 4 is 21.4 Å². The summed E-state index contributed by atoms with van der Waals surface area (Å²) in [5.74, 6) is 0.556. The highest BCUT2D eigenvalue weighted by atomic mass is 32.2. The molecule has 1 N–H and O–H groups in total. The molecule has 6 heteroatoms. The lowest BCUT2D eigenvalue weighted by Crippen LogP contribution is -2.12. The number of ether oxygens (including phenoxy) is 1. The molecule has 0 radical (unpaired) electrons. The van der Waals surface area contributed by atoms with E-state index in [1.54, 1.807) is 36.4 Å². The van der Waals surface area contributed by atoms with E-state index in [9.17, 15) is 13.2 Å². The fourth-order valence-electron chi connectivity index (χ4n) is 2.57. The van der Waals surface area contributed by atoms with Gasteiger partial charge in [-0.2, -0.15) is 0 Å². The zero-order chi connectivity index (χ0) is 16.4. The third-order valence-electron chi connectivity index (χ3n) is 3.57. The smallest absolute Gasteiger partial charge is 0.255 e. The Kier molecular flexibility index (Phi) is 4.09. The monoisotopic (exact) mass is 331 g/mol. The molecule has 120 valence electrons. The zero-order valence-corrected chi connectivity index (χ0v) is 13.5. The van der Waals surface area contributed by atoms with E-state index in [-0.39, 0.29) is 11.7 Å². The van der Waals surface area contributed by atoms with Crippen LogP contribution in [0.15, 0.2) is 42.5 Å². The molecule has 2 aromatic carbocycles. The molecule has 0 spiro atoms. The third-order valence-corrected chi connectivity index (χ3v) is 4.42. The first kappa shape index (κ1) is 15.6. The van der Waals surface area contributed by atoms with Crippen LogP contribution in [0.25, 0.3) is 0 Å².